The first kappa shape index (κ1) is 22.4. The van der Waals surface area contributed by atoms with E-state index in [1.807, 2.05) is 13.8 Å². The van der Waals surface area contributed by atoms with E-state index in [0.717, 1.165) is 0 Å². The van der Waals surface area contributed by atoms with Gasteiger partial charge in [0.05, 0.1) is 31.4 Å². The summed E-state index contributed by atoms with van der Waals surface area (Å²) in [5.41, 5.74) is 1.15. The van der Waals surface area contributed by atoms with Crippen LogP contribution < -0.4 is 9.47 Å². The number of Topliss-reactive ketones (excluding diaryl/α,β-unsaturated/α-hetero) is 1. The third-order valence-electron chi connectivity index (χ3n) is 5.00. The number of hydrogen-bond donors (Lipinski definition) is 1. The summed E-state index contributed by atoms with van der Waals surface area (Å²) in [4.78, 5) is 27.2. The average molecular weight is 425 g/mol. The maximum atomic E-state index is 13.0. The first-order valence-electron chi connectivity index (χ1n) is 10.2. The Morgan fingerprint density at radius 2 is 1.68 bits per heavy atom. The number of carbonyl (C=O) groups is 2. The van der Waals surface area contributed by atoms with E-state index in [4.69, 9.17) is 14.2 Å². The maximum absolute atomic E-state index is 13.0. The second-order valence-corrected chi connectivity index (χ2v) is 6.95. The van der Waals surface area contributed by atoms with Crippen LogP contribution in [0.3, 0.4) is 0 Å². The van der Waals surface area contributed by atoms with Crippen LogP contribution in [0.15, 0.2) is 54.1 Å². The maximum Gasteiger partial charge on any atom is 0.295 e. The molecule has 0 saturated carbocycles. The summed E-state index contributed by atoms with van der Waals surface area (Å²) in [5, 5.41) is 11.1. The number of benzene rings is 2. The van der Waals surface area contributed by atoms with Gasteiger partial charge in [0.15, 0.2) is 0 Å². The first-order valence-corrected chi connectivity index (χ1v) is 10.2. The van der Waals surface area contributed by atoms with Gasteiger partial charge in [0.2, 0.25) is 0 Å². The van der Waals surface area contributed by atoms with Gasteiger partial charge in [-0.15, -0.1) is 0 Å². The van der Waals surface area contributed by atoms with Crippen molar-refractivity contribution < 1.29 is 28.9 Å². The summed E-state index contributed by atoms with van der Waals surface area (Å²) in [6.07, 6.45) is 0. The largest absolute Gasteiger partial charge is 0.507 e. The summed E-state index contributed by atoms with van der Waals surface area (Å²) in [6.45, 7) is 5.23. The van der Waals surface area contributed by atoms with Gasteiger partial charge in [-0.2, -0.15) is 0 Å². The van der Waals surface area contributed by atoms with E-state index in [1.165, 1.54) is 12.0 Å². The van der Waals surface area contributed by atoms with Gasteiger partial charge in [-0.25, -0.2) is 0 Å². The minimum absolute atomic E-state index is 0.0407. The normalized spacial score (nSPS) is 17.8. The molecule has 1 aliphatic heterocycles. The zero-order valence-electron chi connectivity index (χ0n) is 18.0. The van der Waals surface area contributed by atoms with Crippen molar-refractivity contribution in [2.75, 3.05) is 33.5 Å². The molecule has 0 bridgehead atoms. The van der Waals surface area contributed by atoms with E-state index in [9.17, 15) is 14.7 Å². The van der Waals surface area contributed by atoms with Crippen LogP contribution in [-0.2, 0) is 14.3 Å². The molecular formula is C24H27NO6. The second kappa shape index (κ2) is 10.1. The Hall–Kier alpha value is -3.32. The van der Waals surface area contributed by atoms with E-state index in [-0.39, 0.29) is 24.5 Å². The minimum atomic E-state index is -0.735. The van der Waals surface area contributed by atoms with Gasteiger partial charge in [-0.05, 0) is 43.7 Å². The Labute approximate surface area is 181 Å². The molecule has 2 aromatic rings. The van der Waals surface area contributed by atoms with Gasteiger partial charge < -0.3 is 24.2 Å². The topological polar surface area (TPSA) is 85.3 Å². The lowest BCUT2D eigenvalue weighted by atomic mass is 9.95. The van der Waals surface area contributed by atoms with E-state index in [2.05, 4.69) is 0 Å². The number of rotatable bonds is 9. The standard InChI is InChI=1S/C24H27NO6/c1-4-30-18-11-9-16(10-12-18)21-20(23(27)24(28)25(21)13-14-29-3)22(26)17-7-6-8-19(15-17)31-5-2/h6-12,15,21,26H,4-5,13-14H2,1-3H3. The number of ketones is 1. The lowest BCUT2D eigenvalue weighted by molar-refractivity contribution is -0.140. The first-order chi connectivity index (χ1) is 15.0. The third-order valence-corrected chi connectivity index (χ3v) is 5.00. The van der Waals surface area contributed by atoms with Crippen LogP contribution >= 0.6 is 0 Å². The highest BCUT2D eigenvalue weighted by Crippen LogP contribution is 2.40. The van der Waals surface area contributed by atoms with Crippen molar-refractivity contribution in [2.24, 2.45) is 0 Å². The minimum Gasteiger partial charge on any atom is -0.507 e. The molecule has 1 amide bonds. The quantitative estimate of drug-likeness (QED) is 0.376. The smallest absolute Gasteiger partial charge is 0.295 e. The zero-order valence-corrected chi connectivity index (χ0v) is 18.0. The number of methoxy groups -OCH3 is 1. The van der Waals surface area contributed by atoms with Crippen molar-refractivity contribution in [2.45, 2.75) is 19.9 Å². The van der Waals surface area contributed by atoms with Crippen molar-refractivity contribution in [1.82, 2.24) is 4.90 Å². The third kappa shape index (κ3) is 4.72. The lowest BCUT2D eigenvalue weighted by Gasteiger charge is -2.25. The fourth-order valence-electron chi connectivity index (χ4n) is 3.62. The number of likely N-dealkylation sites (tertiary alicyclic amines) is 1. The summed E-state index contributed by atoms with van der Waals surface area (Å²) < 4.78 is 16.1. The number of amides is 1. The zero-order chi connectivity index (χ0) is 22.4. The molecule has 3 rings (SSSR count). The molecule has 0 aliphatic carbocycles. The van der Waals surface area contributed by atoms with Crippen LogP contribution in [0.5, 0.6) is 11.5 Å². The van der Waals surface area contributed by atoms with Crippen LogP contribution in [0, 0.1) is 0 Å². The van der Waals surface area contributed by atoms with Gasteiger partial charge >= 0.3 is 0 Å². The number of nitrogens with zero attached hydrogens (tertiary/aromatic N) is 1. The summed E-state index contributed by atoms with van der Waals surface area (Å²) in [7, 11) is 1.53. The van der Waals surface area contributed by atoms with Crippen molar-refractivity contribution in [1.29, 1.82) is 0 Å². The molecule has 1 N–H and O–H groups in total. The molecular weight excluding hydrogens is 398 g/mol. The molecule has 31 heavy (non-hydrogen) atoms. The van der Waals surface area contributed by atoms with E-state index in [0.29, 0.717) is 35.8 Å². The number of aliphatic hydroxyl groups is 1. The molecule has 2 aromatic carbocycles. The molecule has 0 spiro atoms. The summed E-state index contributed by atoms with van der Waals surface area (Å²) >= 11 is 0. The van der Waals surface area contributed by atoms with Gasteiger partial charge in [-0.1, -0.05) is 24.3 Å². The highest BCUT2D eigenvalue weighted by atomic mass is 16.5. The molecule has 1 unspecified atom stereocenters. The monoisotopic (exact) mass is 425 g/mol. The fraction of sp³-hybridized carbons (Fsp3) is 0.333. The Kier molecular flexibility index (Phi) is 7.31. The fourth-order valence-corrected chi connectivity index (χ4v) is 3.62. The highest BCUT2D eigenvalue weighted by Gasteiger charge is 2.45. The Morgan fingerprint density at radius 1 is 1.00 bits per heavy atom. The number of carbonyl (C=O) groups excluding carboxylic acids is 2. The van der Waals surface area contributed by atoms with E-state index < -0.39 is 17.7 Å². The van der Waals surface area contributed by atoms with Crippen LogP contribution in [0.25, 0.3) is 5.76 Å². The van der Waals surface area contributed by atoms with Gasteiger partial charge in [0.25, 0.3) is 11.7 Å². The molecule has 7 nitrogen and oxygen atoms in total. The molecule has 1 fully saturated rings. The van der Waals surface area contributed by atoms with Crippen LogP contribution in [0.4, 0.5) is 0 Å². The van der Waals surface area contributed by atoms with Gasteiger partial charge in [0, 0.05) is 19.2 Å². The van der Waals surface area contributed by atoms with Gasteiger partial charge in [0.1, 0.15) is 17.3 Å². The Bertz CT molecular complexity index is 966. The predicted molar refractivity (Wildman–Crippen MR) is 116 cm³/mol. The molecule has 1 heterocycles. The van der Waals surface area contributed by atoms with E-state index >= 15 is 0 Å². The van der Waals surface area contributed by atoms with Crippen molar-refractivity contribution in [3.8, 4) is 11.5 Å². The number of hydrogen-bond acceptors (Lipinski definition) is 6. The Balaban J connectivity index is 2.10. The molecule has 1 saturated heterocycles. The van der Waals surface area contributed by atoms with E-state index in [1.54, 1.807) is 48.5 Å². The van der Waals surface area contributed by atoms with Gasteiger partial charge in [-0.3, -0.25) is 9.59 Å². The van der Waals surface area contributed by atoms with Crippen molar-refractivity contribution in [3.05, 3.63) is 65.2 Å². The average Bonchev–Trinajstić information content (AvgIpc) is 3.03. The highest BCUT2D eigenvalue weighted by molar-refractivity contribution is 6.46. The SMILES string of the molecule is CCOc1ccc(C2C(=C(O)c3cccc(OCC)c3)C(=O)C(=O)N2CCOC)cc1. The second-order valence-electron chi connectivity index (χ2n) is 6.95. The molecule has 0 aromatic heterocycles. The van der Waals surface area contributed by atoms with Crippen molar-refractivity contribution >= 4 is 17.4 Å². The summed E-state index contributed by atoms with van der Waals surface area (Å²) in [5.74, 6) is -0.381. The summed E-state index contributed by atoms with van der Waals surface area (Å²) in [6, 6.07) is 13.2. The molecule has 1 aliphatic rings. The predicted octanol–water partition coefficient (Wildman–Crippen LogP) is 3.55. The molecule has 164 valence electrons. The Morgan fingerprint density at radius 3 is 2.32 bits per heavy atom. The molecule has 7 heteroatoms. The number of aliphatic hydroxyl groups excluding tert-OH is 1. The van der Waals surface area contributed by atoms with Crippen LogP contribution in [0.2, 0.25) is 0 Å². The molecule has 0 radical (unpaired) electrons. The van der Waals surface area contributed by atoms with Crippen LogP contribution in [0.1, 0.15) is 31.0 Å². The lowest BCUT2D eigenvalue weighted by Crippen LogP contribution is -2.32. The van der Waals surface area contributed by atoms with Crippen molar-refractivity contribution in [3.63, 3.8) is 0 Å². The van der Waals surface area contributed by atoms with Crippen LogP contribution in [-0.4, -0.2) is 55.2 Å². The number of ether oxygens (including phenoxy) is 3. The molecule has 1 atom stereocenters.